The maximum absolute atomic E-state index is 11.9. The summed E-state index contributed by atoms with van der Waals surface area (Å²) < 4.78 is 5.17. The summed E-state index contributed by atoms with van der Waals surface area (Å²) in [5.74, 6) is -0.543. The quantitative estimate of drug-likeness (QED) is 0.172. The second-order valence-corrected chi connectivity index (χ2v) is 6.35. The molecule has 1 aromatic rings. The summed E-state index contributed by atoms with van der Waals surface area (Å²) >= 11 is 0. The lowest BCUT2D eigenvalue weighted by atomic mass is 10.1. The Hall–Kier alpha value is -2.11. The normalized spacial score (nSPS) is 10.6. The molecule has 0 unspecified atom stereocenters. The molecule has 0 spiro atoms. The number of anilines is 1. The molecular formula is C19H30N2O4. The number of nitro benzene ring substituents is 1. The minimum absolute atomic E-state index is 0.0382. The lowest BCUT2D eigenvalue weighted by Gasteiger charge is -2.06. The molecule has 0 radical (unpaired) electrons. The molecule has 0 fully saturated rings. The highest BCUT2D eigenvalue weighted by Crippen LogP contribution is 2.22. The first kappa shape index (κ1) is 20.9. The van der Waals surface area contributed by atoms with Gasteiger partial charge >= 0.3 is 5.97 Å². The second kappa shape index (κ2) is 12.3. The van der Waals surface area contributed by atoms with Crippen molar-refractivity contribution in [3.05, 3.63) is 33.9 Å². The van der Waals surface area contributed by atoms with Crippen molar-refractivity contribution in [3.8, 4) is 0 Å². The minimum atomic E-state index is -0.603. The molecule has 2 N–H and O–H groups in total. The van der Waals surface area contributed by atoms with Crippen LogP contribution in [0.1, 0.15) is 81.5 Å². The third-order valence-corrected chi connectivity index (χ3v) is 4.19. The predicted molar refractivity (Wildman–Crippen MR) is 99.6 cm³/mol. The average Bonchev–Trinajstić information content (AvgIpc) is 2.59. The number of esters is 1. The maximum atomic E-state index is 11.9. The van der Waals surface area contributed by atoms with Gasteiger partial charge in [0.1, 0.15) is 5.69 Å². The number of benzene rings is 1. The fourth-order valence-electron chi connectivity index (χ4n) is 2.67. The van der Waals surface area contributed by atoms with E-state index in [2.05, 4.69) is 6.92 Å². The molecule has 1 rings (SSSR count). The SMILES string of the molecule is CCCCCCCCCCCCOC(=O)c1ccc(N)c([N+](=O)[O-])c1. The Morgan fingerprint density at radius 3 is 2.16 bits per heavy atom. The Morgan fingerprint density at radius 2 is 1.60 bits per heavy atom. The van der Waals surface area contributed by atoms with Crippen LogP contribution in [-0.2, 0) is 4.74 Å². The zero-order chi connectivity index (χ0) is 18.5. The second-order valence-electron chi connectivity index (χ2n) is 6.35. The fourth-order valence-corrected chi connectivity index (χ4v) is 2.67. The summed E-state index contributed by atoms with van der Waals surface area (Å²) in [4.78, 5) is 22.1. The summed E-state index contributed by atoms with van der Waals surface area (Å²) in [6.45, 7) is 2.56. The molecule has 0 aliphatic rings. The highest BCUT2D eigenvalue weighted by atomic mass is 16.6. The summed E-state index contributed by atoms with van der Waals surface area (Å²) in [6.07, 6.45) is 12.1. The van der Waals surface area contributed by atoms with Gasteiger partial charge in [-0.25, -0.2) is 4.79 Å². The number of ether oxygens (including phenoxy) is 1. The van der Waals surface area contributed by atoms with Crippen molar-refractivity contribution < 1.29 is 14.5 Å². The number of rotatable bonds is 13. The first-order valence-corrected chi connectivity index (χ1v) is 9.27. The fraction of sp³-hybridized carbons (Fsp3) is 0.632. The third-order valence-electron chi connectivity index (χ3n) is 4.19. The number of hydrogen-bond acceptors (Lipinski definition) is 5. The van der Waals surface area contributed by atoms with Crippen LogP contribution in [0, 0.1) is 10.1 Å². The molecule has 0 saturated carbocycles. The van der Waals surface area contributed by atoms with Crippen LogP contribution < -0.4 is 5.73 Å². The molecule has 0 amide bonds. The summed E-state index contributed by atoms with van der Waals surface area (Å²) in [7, 11) is 0. The highest BCUT2D eigenvalue weighted by molar-refractivity contribution is 5.91. The van der Waals surface area contributed by atoms with E-state index in [1.165, 1.54) is 57.1 Å². The Kier molecular flexibility index (Phi) is 10.3. The number of nitrogens with two attached hydrogens (primary N) is 1. The van der Waals surface area contributed by atoms with E-state index in [1.807, 2.05) is 0 Å². The Bertz CT molecular complexity index is 546. The molecule has 0 saturated heterocycles. The standard InChI is InChI=1S/C19H30N2O4/c1-2-3-4-5-6-7-8-9-10-11-14-25-19(22)16-12-13-17(20)18(15-16)21(23)24/h12-13,15H,2-11,14,20H2,1H3. The molecule has 140 valence electrons. The summed E-state index contributed by atoms with van der Waals surface area (Å²) in [6, 6.07) is 3.97. The van der Waals surface area contributed by atoms with Crippen molar-refractivity contribution in [2.75, 3.05) is 12.3 Å². The van der Waals surface area contributed by atoms with Gasteiger partial charge in [-0.2, -0.15) is 0 Å². The maximum Gasteiger partial charge on any atom is 0.338 e. The van der Waals surface area contributed by atoms with E-state index in [0.29, 0.717) is 6.61 Å². The lowest BCUT2D eigenvalue weighted by Crippen LogP contribution is -2.07. The van der Waals surface area contributed by atoms with Gasteiger partial charge in [0.25, 0.3) is 5.69 Å². The van der Waals surface area contributed by atoms with Crippen molar-refractivity contribution >= 4 is 17.3 Å². The lowest BCUT2D eigenvalue weighted by molar-refractivity contribution is -0.383. The van der Waals surface area contributed by atoms with Gasteiger partial charge in [-0.15, -0.1) is 0 Å². The molecule has 0 aliphatic heterocycles. The average molecular weight is 350 g/mol. The number of nitro groups is 1. The van der Waals surface area contributed by atoms with Crippen molar-refractivity contribution in [2.24, 2.45) is 0 Å². The summed E-state index contributed by atoms with van der Waals surface area (Å²) in [5.41, 5.74) is 5.44. The van der Waals surface area contributed by atoms with Gasteiger partial charge in [0.15, 0.2) is 0 Å². The van der Waals surface area contributed by atoms with E-state index in [9.17, 15) is 14.9 Å². The number of carbonyl (C=O) groups is 1. The molecule has 0 aliphatic carbocycles. The smallest absolute Gasteiger partial charge is 0.338 e. The molecule has 0 atom stereocenters. The number of nitrogen functional groups attached to an aromatic ring is 1. The number of unbranched alkanes of at least 4 members (excludes halogenated alkanes) is 9. The van der Waals surface area contributed by atoms with Crippen molar-refractivity contribution in [1.82, 2.24) is 0 Å². The van der Waals surface area contributed by atoms with Crippen LogP contribution in [0.25, 0.3) is 0 Å². The van der Waals surface area contributed by atoms with Crippen molar-refractivity contribution in [2.45, 2.75) is 71.1 Å². The van der Waals surface area contributed by atoms with Crippen LogP contribution in [0.15, 0.2) is 18.2 Å². The number of hydrogen-bond donors (Lipinski definition) is 1. The van der Waals surface area contributed by atoms with E-state index in [1.54, 1.807) is 0 Å². The van der Waals surface area contributed by atoms with E-state index < -0.39 is 10.9 Å². The van der Waals surface area contributed by atoms with Crippen LogP contribution in [0.2, 0.25) is 0 Å². The van der Waals surface area contributed by atoms with Crippen LogP contribution >= 0.6 is 0 Å². The molecule has 25 heavy (non-hydrogen) atoms. The molecule has 0 aromatic heterocycles. The molecule has 0 bridgehead atoms. The summed E-state index contributed by atoms with van der Waals surface area (Å²) in [5, 5.41) is 10.8. The third kappa shape index (κ3) is 8.52. The molecule has 1 aromatic carbocycles. The van der Waals surface area contributed by atoms with Crippen LogP contribution in [-0.4, -0.2) is 17.5 Å². The van der Waals surface area contributed by atoms with Gasteiger partial charge in [-0.1, -0.05) is 64.7 Å². The highest BCUT2D eigenvalue weighted by Gasteiger charge is 2.16. The Balaban J connectivity index is 2.13. The van der Waals surface area contributed by atoms with Crippen LogP contribution in [0.4, 0.5) is 11.4 Å². The van der Waals surface area contributed by atoms with Crippen LogP contribution in [0.3, 0.4) is 0 Å². The van der Waals surface area contributed by atoms with Crippen molar-refractivity contribution in [3.63, 3.8) is 0 Å². The number of carbonyl (C=O) groups excluding carboxylic acids is 1. The Labute approximate surface area is 149 Å². The molecular weight excluding hydrogens is 320 g/mol. The first-order valence-electron chi connectivity index (χ1n) is 9.27. The monoisotopic (exact) mass is 350 g/mol. The largest absolute Gasteiger partial charge is 0.462 e. The van der Waals surface area contributed by atoms with Crippen LogP contribution in [0.5, 0.6) is 0 Å². The van der Waals surface area contributed by atoms with Gasteiger partial charge in [-0.05, 0) is 18.6 Å². The topological polar surface area (TPSA) is 95.5 Å². The predicted octanol–water partition coefficient (Wildman–Crippen LogP) is 5.25. The molecule has 6 heteroatoms. The first-order chi connectivity index (χ1) is 12.1. The number of nitrogens with zero attached hydrogens (tertiary/aromatic N) is 1. The Morgan fingerprint density at radius 1 is 1.04 bits per heavy atom. The van der Waals surface area contributed by atoms with Gasteiger partial charge in [0, 0.05) is 6.07 Å². The van der Waals surface area contributed by atoms with E-state index >= 15 is 0 Å². The minimum Gasteiger partial charge on any atom is -0.462 e. The molecule has 6 nitrogen and oxygen atoms in total. The van der Waals surface area contributed by atoms with Gasteiger partial charge in [-0.3, -0.25) is 10.1 Å². The molecule has 0 heterocycles. The van der Waals surface area contributed by atoms with E-state index in [0.717, 1.165) is 25.3 Å². The van der Waals surface area contributed by atoms with E-state index in [4.69, 9.17) is 10.5 Å². The zero-order valence-corrected chi connectivity index (χ0v) is 15.2. The van der Waals surface area contributed by atoms with E-state index in [-0.39, 0.29) is 16.9 Å². The van der Waals surface area contributed by atoms with Crippen molar-refractivity contribution in [1.29, 1.82) is 0 Å². The van der Waals surface area contributed by atoms with Gasteiger partial charge in [0.05, 0.1) is 17.1 Å². The zero-order valence-electron chi connectivity index (χ0n) is 15.2. The van der Waals surface area contributed by atoms with Gasteiger partial charge < -0.3 is 10.5 Å². The van der Waals surface area contributed by atoms with Gasteiger partial charge in [0.2, 0.25) is 0 Å².